The van der Waals surface area contributed by atoms with Gasteiger partial charge in [0.2, 0.25) is 5.91 Å². The van der Waals surface area contributed by atoms with E-state index >= 15 is 0 Å². The van der Waals surface area contributed by atoms with Crippen LogP contribution in [0.3, 0.4) is 0 Å². The van der Waals surface area contributed by atoms with Crippen molar-refractivity contribution in [1.82, 2.24) is 5.32 Å². The highest BCUT2D eigenvalue weighted by Crippen LogP contribution is 2.18. The minimum Gasteiger partial charge on any atom is -0.497 e. The summed E-state index contributed by atoms with van der Waals surface area (Å²) in [5, 5.41) is 2.53. The molecule has 136 valence electrons. The molecule has 7 heteroatoms. The first-order valence-electron chi connectivity index (χ1n) is 8.03. The summed E-state index contributed by atoms with van der Waals surface area (Å²) in [7, 11) is 1.59. The van der Waals surface area contributed by atoms with E-state index in [-0.39, 0.29) is 12.2 Å². The number of carbonyl (C=O) groups excluding carboxylic acids is 3. The lowest BCUT2D eigenvalue weighted by molar-refractivity contribution is -0.139. The van der Waals surface area contributed by atoms with Crippen LogP contribution in [0.4, 0.5) is 11.4 Å². The predicted octanol–water partition coefficient (Wildman–Crippen LogP) is 1.52. The number of amides is 3. The van der Waals surface area contributed by atoms with E-state index in [4.69, 9.17) is 10.5 Å². The number of nitrogens with two attached hydrogens (primary N) is 1. The van der Waals surface area contributed by atoms with Gasteiger partial charge < -0.3 is 15.8 Å². The number of anilines is 2. The third-order valence-electron chi connectivity index (χ3n) is 3.70. The van der Waals surface area contributed by atoms with Crippen molar-refractivity contribution in [2.75, 3.05) is 24.3 Å². The first-order chi connectivity index (χ1) is 12.4. The van der Waals surface area contributed by atoms with E-state index in [0.717, 1.165) is 16.2 Å². The molecular formula is C19H21N3O4. The van der Waals surface area contributed by atoms with Gasteiger partial charge in [0, 0.05) is 19.2 Å². The molecule has 2 aromatic rings. The molecule has 0 fully saturated rings. The molecule has 0 saturated carbocycles. The second kappa shape index (κ2) is 8.66. The van der Waals surface area contributed by atoms with Crippen molar-refractivity contribution in [1.29, 1.82) is 0 Å². The Hall–Kier alpha value is -3.35. The van der Waals surface area contributed by atoms with Gasteiger partial charge in [0.05, 0.1) is 12.8 Å². The maximum Gasteiger partial charge on any atom is 0.323 e. The largest absolute Gasteiger partial charge is 0.497 e. The number of nitrogens with one attached hydrogen (secondary N) is 1. The van der Waals surface area contributed by atoms with E-state index in [1.807, 2.05) is 24.3 Å². The van der Waals surface area contributed by atoms with Gasteiger partial charge in [-0.3, -0.25) is 14.4 Å². The summed E-state index contributed by atoms with van der Waals surface area (Å²) in [5.41, 5.74) is 7.31. The molecule has 26 heavy (non-hydrogen) atoms. The zero-order valence-electron chi connectivity index (χ0n) is 14.7. The smallest absolute Gasteiger partial charge is 0.323 e. The van der Waals surface area contributed by atoms with Crippen LogP contribution in [0.15, 0.2) is 48.5 Å². The lowest BCUT2D eigenvalue weighted by atomic mass is 10.1. The molecule has 0 atom stereocenters. The van der Waals surface area contributed by atoms with E-state index in [2.05, 4.69) is 5.32 Å². The summed E-state index contributed by atoms with van der Waals surface area (Å²) < 4.78 is 5.08. The number of nitrogen functional groups attached to an aromatic ring is 1. The zero-order chi connectivity index (χ0) is 19.1. The van der Waals surface area contributed by atoms with Crippen molar-refractivity contribution in [2.24, 2.45) is 0 Å². The Morgan fingerprint density at radius 2 is 1.81 bits per heavy atom. The van der Waals surface area contributed by atoms with Crippen LogP contribution < -0.4 is 20.7 Å². The van der Waals surface area contributed by atoms with E-state index in [1.54, 1.807) is 25.3 Å². The Bertz CT molecular complexity index is 803. The molecule has 0 bridgehead atoms. The molecule has 0 unspecified atom stereocenters. The van der Waals surface area contributed by atoms with Crippen molar-refractivity contribution < 1.29 is 19.1 Å². The molecule has 7 nitrogen and oxygen atoms in total. The molecular weight excluding hydrogens is 334 g/mol. The fourth-order valence-electron chi connectivity index (χ4n) is 2.40. The van der Waals surface area contributed by atoms with E-state index in [9.17, 15) is 14.4 Å². The second-order valence-corrected chi connectivity index (χ2v) is 5.61. The molecule has 3 N–H and O–H groups in total. The summed E-state index contributed by atoms with van der Waals surface area (Å²) in [6.45, 7) is 1.48. The summed E-state index contributed by atoms with van der Waals surface area (Å²) in [6.07, 6.45) is 0.543. The van der Waals surface area contributed by atoms with Gasteiger partial charge in [-0.2, -0.15) is 0 Å². The predicted molar refractivity (Wildman–Crippen MR) is 98.7 cm³/mol. The Morgan fingerprint density at radius 3 is 2.38 bits per heavy atom. The van der Waals surface area contributed by atoms with Crippen LogP contribution in [0, 0.1) is 0 Å². The number of ether oxygens (including phenoxy) is 1. The van der Waals surface area contributed by atoms with Crippen molar-refractivity contribution in [3.63, 3.8) is 0 Å². The average molecular weight is 355 g/mol. The lowest BCUT2D eigenvalue weighted by Gasteiger charge is -2.19. The molecule has 0 heterocycles. The number of imide groups is 1. The van der Waals surface area contributed by atoms with Gasteiger partial charge in [-0.25, -0.2) is 4.90 Å². The monoisotopic (exact) mass is 355 g/mol. The summed E-state index contributed by atoms with van der Waals surface area (Å²) >= 11 is 0. The maximum absolute atomic E-state index is 12.4. The van der Waals surface area contributed by atoms with Gasteiger partial charge >= 0.3 is 11.8 Å². The van der Waals surface area contributed by atoms with E-state index < -0.39 is 17.7 Å². The SMILES string of the molecule is COc1ccc(CCNC(=O)C(=O)N(C(C)=O)c2cccc(N)c2)cc1. The number of carbonyl (C=O) groups is 3. The number of nitrogens with zero attached hydrogens (tertiary/aromatic N) is 1. The highest BCUT2D eigenvalue weighted by atomic mass is 16.5. The number of hydrogen-bond acceptors (Lipinski definition) is 5. The lowest BCUT2D eigenvalue weighted by Crippen LogP contribution is -2.46. The number of methoxy groups -OCH3 is 1. The summed E-state index contributed by atoms with van der Waals surface area (Å²) in [4.78, 5) is 37.1. The highest BCUT2D eigenvalue weighted by Gasteiger charge is 2.26. The zero-order valence-corrected chi connectivity index (χ0v) is 14.7. The summed E-state index contributed by atoms with van der Waals surface area (Å²) in [5.74, 6) is -1.62. The average Bonchev–Trinajstić information content (AvgIpc) is 2.62. The third-order valence-corrected chi connectivity index (χ3v) is 3.70. The Morgan fingerprint density at radius 1 is 1.12 bits per heavy atom. The molecule has 0 aliphatic rings. The number of rotatable bonds is 5. The molecule has 3 amide bonds. The minimum absolute atomic E-state index is 0.257. The van der Waals surface area contributed by atoms with Crippen molar-refractivity contribution in [2.45, 2.75) is 13.3 Å². The molecule has 0 saturated heterocycles. The van der Waals surface area contributed by atoms with Gasteiger partial charge in [-0.1, -0.05) is 18.2 Å². The third kappa shape index (κ3) is 4.83. The topological polar surface area (TPSA) is 102 Å². The molecule has 2 aromatic carbocycles. The van der Waals surface area contributed by atoms with Gasteiger partial charge in [0.1, 0.15) is 5.75 Å². The quantitative estimate of drug-likeness (QED) is 0.625. The molecule has 0 radical (unpaired) electrons. The highest BCUT2D eigenvalue weighted by molar-refractivity contribution is 6.45. The van der Waals surface area contributed by atoms with Crippen LogP contribution in [-0.4, -0.2) is 31.4 Å². The number of hydrogen-bond donors (Lipinski definition) is 2. The van der Waals surface area contributed by atoms with Crippen molar-refractivity contribution in [3.05, 3.63) is 54.1 Å². The van der Waals surface area contributed by atoms with E-state index in [0.29, 0.717) is 12.1 Å². The molecule has 0 aromatic heterocycles. The van der Waals surface area contributed by atoms with Gasteiger partial charge in [0.15, 0.2) is 0 Å². The Labute approximate surface area is 151 Å². The van der Waals surface area contributed by atoms with Crippen LogP contribution in [0.25, 0.3) is 0 Å². The molecule has 0 aliphatic carbocycles. The van der Waals surface area contributed by atoms with Crippen LogP contribution in [-0.2, 0) is 20.8 Å². The molecule has 0 aliphatic heterocycles. The molecule has 2 rings (SSSR count). The van der Waals surface area contributed by atoms with Gasteiger partial charge in [-0.05, 0) is 42.3 Å². The van der Waals surface area contributed by atoms with Crippen molar-refractivity contribution in [3.8, 4) is 5.75 Å². The Balaban J connectivity index is 1.98. The van der Waals surface area contributed by atoms with Crippen LogP contribution >= 0.6 is 0 Å². The van der Waals surface area contributed by atoms with Crippen LogP contribution in [0.1, 0.15) is 12.5 Å². The molecule has 0 spiro atoms. The fourth-order valence-corrected chi connectivity index (χ4v) is 2.40. The fraction of sp³-hybridized carbons (Fsp3) is 0.211. The van der Waals surface area contributed by atoms with Crippen LogP contribution in [0.2, 0.25) is 0 Å². The number of benzene rings is 2. The first-order valence-corrected chi connectivity index (χ1v) is 8.03. The van der Waals surface area contributed by atoms with Crippen LogP contribution in [0.5, 0.6) is 5.75 Å². The standard InChI is InChI=1S/C19H21N3O4/c1-13(23)22(16-5-3-4-15(20)12-16)19(25)18(24)21-11-10-14-6-8-17(26-2)9-7-14/h3-9,12H,10-11,20H2,1-2H3,(H,21,24). The first kappa shape index (κ1) is 19.0. The second-order valence-electron chi connectivity index (χ2n) is 5.61. The van der Waals surface area contributed by atoms with Gasteiger partial charge in [-0.15, -0.1) is 0 Å². The van der Waals surface area contributed by atoms with E-state index in [1.165, 1.54) is 13.0 Å². The maximum atomic E-state index is 12.4. The normalized spacial score (nSPS) is 10.1. The summed E-state index contributed by atoms with van der Waals surface area (Å²) in [6, 6.07) is 13.6. The van der Waals surface area contributed by atoms with Crippen molar-refractivity contribution >= 4 is 29.1 Å². The minimum atomic E-state index is -0.946. The Kier molecular flexibility index (Phi) is 6.32. The van der Waals surface area contributed by atoms with Gasteiger partial charge in [0.25, 0.3) is 0 Å².